The molecule has 0 radical (unpaired) electrons. The molecular weight excluding hydrogens is 370 g/mol. The van der Waals surface area contributed by atoms with Crippen LogP contribution in [0.4, 0.5) is 0 Å². The van der Waals surface area contributed by atoms with Crippen molar-refractivity contribution in [1.82, 2.24) is 5.32 Å². The molecule has 6 nitrogen and oxygen atoms in total. The summed E-state index contributed by atoms with van der Waals surface area (Å²) >= 11 is 5.85. The first-order chi connectivity index (χ1) is 12.9. The van der Waals surface area contributed by atoms with Crippen LogP contribution in [0.25, 0.3) is 0 Å². The molecule has 1 amide bonds. The average molecular weight is 392 g/mol. The molecule has 0 aliphatic heterocycles. The van der Waals surface area contributed by atoms with Crippen LogP contribution < -0.4 is 14.8 Å². The Bertz CT molecular complexity index is 791. The second-order valence-corrected chi connectivity index (χ2v) is 6.15. The van der Waals surface area contributed by atoms with Gasteiger partial charge < -0.3 is 19.5 Å². The van der Waals surface area contributed by atoms with E-state index in [1.165, 1.54) is 13.2 Å². The number of methoxy groups -OCH3 is 1. The van der Waals surface area contributed by atoms with E-state index in [0.29, 0.717) is 23.1 Å². The number of esters is 1. The summed E-state index contributed by atoms with van der Waals surface area (Å²) < 4.78 is 15.7. The minimum absolute atomic E-state index is 0.237. The molecule has 0 fully saturated rings. The van der Waals surface area contributed by atoms with Crippen LogP contribution >= 0.6 is 11.6 Å². The predicted octanol–water partition coefficient (Wildman–Crippen LogP) is 3.78. The molecule has 1 N–H and O–H groups in total. The molecule has 7 heteroatoms. The smallest absolute Gasteiger partial charge is 0.338 e. The van der Waals surface area contributed by atoms with Crippen molar-refractivity contribution in [2.75, 3.05) is 20.3 Å². The lowest BCUT2D eigenvalue weighted by atomic mass is 10.1. The lowest BCUT2D eigenvalue weighted by Gasteiger charge is -2.15. The van der Waals surface area contributed by atoms with Crippen LogP contribution in [0.1, 0.15) is 35.8 Å². The van der Waals surface area contributed by atoms with E-state index in [4.69, 9.17) is 25.8 Å². The normalized spacial score (nSPS) is 11.4. The van der Waals surface area contributed by atoms with Gasteiger partial charge in [0, 0.05) is 5.02 Å². The molecule has 2 aromatic carbocycles. The van der Waals surface area contributed by atoms with Gasteiger partial charge in [-0.3, -0.25) is 4.79 Å². The molecule has 0 bridgehead atoms. The largest absolute Gasteiger partial charge is 0.493 e. The number of benzene rings is 2. The number of halogens is 1. The Hall–Kier alpha value is -2.73. The molecule has 27 heavy (non-hydrogen) atoms. The Balaban J connectivity index is 1.91. The molecule has 1 atom stereocenters. The highest BCUT2D eigenvalue weighted by atomic mass is 35.5. The molecule has 0 saturated heterocycles. The maximum absolute atomic E-state index is 12.2. The van der Waals surface area contributed by atoms with Gasteiger partial charge in [-0.25, -0.2) is 4.79 Å². The minimum atomic E-state index is -0.618. The van der Waals surface area contributed by atoms with Crippen LogP contribution in [0.15, 0.2) is 42.5 Å². The summed E-state index contributed by atoms with van der Waals surface area (Å²) in [6, 6.07) is 11.6. The highest BCUT2D eigenvalue weighted by molar-refractivity contribution is 6.30. The molecule has 0 unspecified atom stereocenters. The summed E-state index contributed by atoms with van der Waals surface area (Å²) in [5.74, 6) is -0.0598. The van der Waals surface area contributed by atoms with Crippen LogP contribution in [0.5, 0.6) is 11.5 Å². The molecule has 0 aliphatic rings. The van der Waals surface area contributed by atoms with Gasteiger partial charge in [0.1, 0.15) is 0 Å². The number of carbonyl (C=O) groups is 2. The summed E-state index contributed by atoms with van der Waals surface area (Å²) in [5.41, 5.74) is 1.17. The molecule has 2 aromatic rings. The van der Waals surface area contributed by atoms with Gasteiger partial charge in [0.15, 0.2) is 18.1 Å². The van der Waals surface area contributed by atoms with E-state index in [1.54, 1.807) is 24.3 Å². The molecule has 2 rings (SSSR count). The Labute approximate surface area is 163 Å². The average Bonchev–Trinajstić information content (AvgIpc) is 2.66. The second-order valence-electron chi connectivity index (χ2n) is 5.72. The highest BCUT2D eigenvalue weighted by Crippen LogP contribution is 2.28. The van der Waals surface area contributed by atoms with Crippen molar-refractivity contribution in [3.05, 3.63) is 58.6 Å². The van der Waals surface area contributed by atoms with Gasteiger partial charge in [-0.05, 0) is 49.7 Å². The molecule has 0 spiro atoms. The summed E-state index contributed by atoms with van der Waals surface area (Å²) in [7, 11) is 1.52. The zero-order valence-electron chi connectivity index (χ0n) is 15.5. The molecule has 144 valence electrons. The number of rotatable bonds is 8. The zero-order valence-corrected chi connectivity index (χ0v) is 16.2. The fourth-order valence-corrected chi connectivity index (χ4v) is 2.53. The van der Waals surface area contributed by atoms with Crippen molar-refractivity contribution < 1.29 is 23.8 Å². The molecule has 0 aliphatic carbocycles. The summed E-state index contributed by atoms with van der Waals surface area (Å²) in [6.45, 7) is 3.71. The van der Waals surface area contributed by atoms with E-state index in [1.807, 2.05) is 26.0 Å². The molecule has 0 saturated carbocycles. The van der Waals surface area contributed by atoms with E-state index >= 15 is 0 Å². The van der Waals surface area contributed by atoms with Crippen molar-refractivity contribution in [2.45, 2.75) is 19.9 Å². The maximum atomic E-state index is 12.2. The summed E-state index contributed by atoms with van der Waals surface area (Å²) in [4.78, 5) is 24.2. The van der Waals surface area contributed by atoms with Crippen molar-refractivity contribution in [3.63, 3.8) is 0 Å². The first-order valence-corrected chi connectivity index (χ1v) is 8.85. The van der Waals surface area contributed by atoms with Gasteiger partial charge in [-0.15, -0.1) is 0 Å². The van der Waals surface area contributed by atoms with Gasteiger partial charge in [-0.2, -0.15) is 0 Å². The molecule has 0 heterocycles. The first-order valence-electron chi connectivity index (χ1n) is 8.47. The number of amides is 1. The summed E-state index contributed by atoms with van der Waals surface area (Å²) in [5, 5.41) is 3.39. The SMILES string of the molecule is CCOc1cc(C(=O)OCC(=O)N[C@@H](C)c2ccc(Cl)cc2)ccc1OC. The molecule has 0 aromatic heterocycles. The van der Waals surface area contributed by atoms with Crippen molar-refractivity contribution in [1.29, 1.82) is 0 Å². The first kappa shape index (κ1) is 20.6. The Kier molecular flexibility index (Phi) is 7.49. The zero-order chi connectivity index (χ0) is 19.8. The van der Waals surface area contributed by atoms with Crippen LogP contribution in [0.3, 0.4) is 0 Å². The number of carbonyl (C=O) groups excluding carboxylic acids is 2. The van der Waals surface area contributed by atoms with Crippen LogP contribution in [0, 0.1) is 0 Å². The fraction of sp³-hybridized carbons (Fsp3) is 0.300. The third-order valence-electron chi connectivity index (χ3n) is 3.78. The third-order valence-corrected chi connectivity index (χ3v) is 4.03. The third kappa shape index (κ3) is 5.89. The maximum Gasteiger partial charge on any atom is 0.338 e. The Morgan fingerprint density at radius 2 is 1.81 bits per heavy atom. The Morgan fingerprint density at radius 1 is 1.11 bits per heavy atom. The molecular formula is C20H22ClNO5. The lowest BCUT2D eigenvalue weighted by Crippen LogP contribution is -2.31. The monoisotopic (exact) mass is 391 g/mol. The quantitative estimate of drug-likeness (QED) is 0.693. The van der Waals surface area contributed by atoms with Gasteiger partial charge in [0.2, 0.25) is 0 Å². The Morgan fingerprint density at radius 3 is 2.44 bits per heavy atom. The van der Waals surface area contributed by atoms with Gasteiger partial charge in [0.05, 0.1) is 25.3 Å². The topological polar surface area (TPSA) is 73.9 Å². The second kappa shape index (κ2) is 9.83. The van der Waals surface area contributed by atoms with Crippen LogP contribution in [-0.4, -0.2) is 32.2 Å². The summed E-state index contributed by atoms with van der Waals surface area (Å²) in [6.07, 6.45) is 0. The van der Waals surface area contributed by atoms with Crippen LogP contribution in [0.2, 0.25) is 5.02 Å². The van der Waals surface area contributed by atoms with Gasteiger partial charge in [0.25, 0.3) is 5.91 Å². The van der Waals surface area contributed by atoms with Gasteiger partial charge >= 0.3 is 5.97 Å². The predicted molar refractivity (Wildman–Crippen MR) is 102 cm³/mol. The fourth-order valence-electron chi connectivity index (χ4n) is 2.40. The van der Waals surface area contributed by atoms with Crippen molar-refractivity contribution >= 4 is 23.5 Å². The van der Waals surface area contributed by atoms with E-state index in [9.17, 15) is 9.59 Å². The standard InChI is InChI=1S/C20H22ClNO5/c1-4-26-18-11-15(7-10-17(18)25-3)20(24)27-12-19(23)22-13(2)14-5-8-16(21)9-6-14/h5-11,13H,4,12H2,1-3H3,(H,22,23)/t13-/m0/s1. The van der Waals surface area contributed by atoms with E-state index in [-0.39, 0.29) is 18.2 Å². The minimum Gasteiger partial charge on any atom is -0.493 e. The van der Waals surface area contributed by atoms with E-state index in [2.05, 4.69) is 5.32 Å². The van der Waals surface area contributed by atoms with Crippen molar-refractivity contribution in [2.24, 2.45) is 0 Å². The van der Waals surface area contributed by atoms with Crippen LogP contribution in [-0.2, 0) is 9.53 Å². The van der Waals surface area contributed by atoms with Crippen molar-refractivity contribution in [3.8, 4) is 11.5 Å². The number of hydrogen-bond donors (Lipinski definition) is 1. The highest BCUT2D eigenvalue weighted by Gasteiger charge is 2.15. The van der Waals surface area contributed by atoms with E-state index < -0.39 is 11.9 Å². The lowest BCUT2D eigenvalue weighted by molar-refractivity contribution is -0.124. The number of nitrogens with one attached hydrogen (secondary N) is 1. The van der Waals surface area contributed by atoms with Gasteiger partial charge in [-0.1, -0.05) is 23.7 Å². The number of hydrogen-bond acceptors (Lipinski definition) is 5. The number of ether oxygens (including phenoxy) is 3. The van der Waals surface area contributed by atoms with E-state index in [0.717, 1.165) is 5.56 Å².